The Balaban J connectivity index is 2.00. The van der Waals surface area contributed by atoms with E-state index in [0.717, 1.165) is 25.0 Å². The van der Waals surface area contributed by atoms with Crippen molar-refractivity contribution in [3.05, 3.63) is 30.3 Å². The van der Waals surface area contributed by atoms with Gasteiger partial charge in [0.2, 0.25) is 0 Å². The average Bonchev–Trinajstić information content (AvgIpc) is 2.72. The van der Waals surface area contributed by atoms with Gasteiger partial charge < -0.3 is 9.84 Å². The van der Waals surface area contributed by atoms with Crippen molar-refractivity contribution in [1.29, 1.82) is 0 Å². The van der Waals surface area contributed by atoms with Crippen LogP contribution in [0.5, 0.6) is 5.75 Å². The van der Waals surface area contributed by atoms with Gasteiger partial charge >= 0.3 is 0 Å². The predicted molar refractivity (Wildman–Crippen MR) is 122 cm³/mol. The van der Waals surface area contributed by atoms with Crippen molar-refractivity contribution in [2.75, 3.05) is 0 Å². The first-order valence-electron chi connectivity index (χ1n) is 12.2. The zero-order chi connectivity index (χ0) is 20.3. The lowest BCUT2D eigenvalue weighted by molar-refractivity contribution is 0.148. The first kappa shape index (κ1) is 25.0. The van der Waals surface area contributed by atoms with Crippen LogP contribution < -0.4 is 4.74 Å². The van der Waals surface area contributed by atoms with Gasteiger partial charge in [-0.3, -0.25) is 0 Å². The molecule has 0 amide bonds. The number of hydrogen-bond acceptors (Lipinski definition) is 2. The third-order valence-electron chi connectivity index (χ3n) is 5.63. The molecule has 0 saturated heterocycles. The molecule has 0 spiro atoms. The summed E-state index contributed by atoms with van der Waals surface area (Å²) in [5.41, 5.74) is 0. The second-order valence-electron chi connectivity index (χ2n) is 8.40. The normalized spacial score (nSPS) is 13.4. The zero-order valence-corrected chi connectivity index (χ0v) is 18.7. The molecule has 0 aliphatic rings. The van der Waals surface area contributed by atoms with Crippen LogP contribution in [-0.2, 0) is 0 Å². The molecule has 28 heavy (non-hydrogen) atoms. The van der Waals surface area contributed by atoms with E-state index in [9.17, 15) is 5.11 Å². The maximum atomic E-state index is 9.86. The van der Waals surface area contributed by atoms with Crippen LogP contribution in [0.1, 0.15) is 117 Å². The highest BCUT2D eigenvalue weighted by molar-refractivity contribution is 5.21. The number of aliphatic hydroxyl groups is 1. The fourth-order valence-electron chi connectivity index (χ4n) is 3.78. The van der Waals surface area contributed by atoms with Crippen molar-refractivity contribution in [3.63, 3.8) is 0 Å². The molecule has 162 valence electrons. The summed E-state index contributed by atoms with van der Waals surface area (Å²) >= 11 is 0. The van der Waals surface area contributed by atoms with Crippen molar-refractivity contribution in [1.82, 2.24) is 0 Å². The van der Waals surface area contributed by atoms with Gasteiger partial charge in [-0.15, -0.1) is 0 Å². The first-order chi connectivity index (χ1) is 13.8. The molecule has 0 bridgehead atoms. The van der Waals surface area contributed by atoms with Crippen molar-refractivity contribution < 1.29 is 9.84 Å². The fraction of sp³-hybridized carbons (Fsp3) is 0.769. The van der Waals surface area contributed by atoms with Crippen molar-refractivity contribution in [3.8, 4) is 5.75 Å². The molecular weight excluding hydrogens is 344 g/mol. The van der Waals surface area contributed by atoms with Crippen molar-refractivity contribution >= 4 is 0 Å². The van der Waals surface area contributed by atoms with Gasteiger partial charge in [0.15, 0.2) is 0 Å². The van der Waals surface area contributed by atoms with Gasteiger partial charge in [0.25, 0.3) is 0 Å². The molecule has 1 rings (SSSR count). The van der Waals surface area contributed by atoms with Crippen LogP contribution in [0.15, 0.2) is 30.3 Å². The maximum Gasteiger partial charge on any atom is 0.119 e. The molecule has 2 heteroatoms. The number of benzene rings is 1. The Morgan fingerprint density at radius 2 is 1.11 bits per heavy atom. The van der Waals surface area contributed by atoms with Gasteiger partial charge in [-0.2, -0.15) is 0 Å². The summed E-state index contributed by atoms with van der Waals surface area (Å²) < 4.78 is 6.21. The van der Waals surface area contributed by atoms with Gasteiger partial charge in [-0.05, 0) is 44.2 Å². The lowest BCUT2D eigenvalue weighted by atomic mass is 10.0. The molecular formula is C26H46O2. The molecule has 0 aliphatic carbocycles. The van der Waals surface area contributed by atoms with Crippen molar-refractivity contribution in [2.45, 2.75) is 129 Å². The zero-order valence-electron chi connectivity index (χ0n) is 18.7. The number of ether oxygens (including phenoxy) is 1. The first-order valence-corrected chi connectivity index (χ1v) is 12.2. The van der Waals surface area contributed by atoms with E-state index in [1.165, 1.54) is 83.5 Å². The quantitative estimate of drug-likeness (QED) is 0.242. The van der Waals surface area contributed by atoms with Crippen LogP contribution in [-0.4, -0.2) is 17.3 Å². The van der Waals surface area contributed by atoms with Gasteiger partial charge in [0, 0.05) is 0 Å². The topological polar surface area (TPSA) is 29.5 Å². The second kappa shape index (κ2) is 18.0. The van der Waals surface area contributed by atoms with E-state index in [1.807, 2.05) is 6.07 Å². The van der Waals surface area contributed by atoms with Gasteiger partial charge in [-0.25, -0.2) is 0 Å². The Morgan fingerprint density at radius 1 is 0.643 bits per heavy atom. The number of para-hydroxylation sites is 1. The largest absolute Gasteiger partial charge is 0.490 e. The van der Waals surface area contributed by atoms with E-state index < -0.39 is 0 Å². The molecule has 1 aromatic rings. The number of aliphatic hydroxyl groups excluding tert-OH is 1. The smallest absolute Gasteiger partial charge is 0.119 e. The SMILES string of the molecule is CCCCC(O)CCCCCCCCCCC(CCCC)Oc1ccccc1. The van der Waals surface area contributed by atoms with E-state index in [4.69, 9.17) is 4.74 Å². The summed E-state index contributed by atoms with van der Waals surface area (Å²) in [6.07, 6.45) is 20.0. The number of hydrogen-bond donors (Lipinski definition) is 1. The molecule has 0 saturated carbocycles. The molecule has 2 nitrogen and oxygen atoms in total. The Labute approximate surface area is 175 Å². The number of rotatable bonds is 19. The van der Waals surface area contributed by atoms with E-state index in [1.54, 1.807) is 0 Å². The Bertz CT molecular complexity index is 431. The third kappa shape index (κ3) is 14.0. The Hall–Kier alpha value is -1.02. The number of unbranched alkanes of at least 4 members (excludes halogenated alkanes) is 9. The van der Waals surface area contributed by atoms with Gasteiger partial charge in [-0.1, -0.05) is 103 Å². The van der Waals surface area contributed by atoms with Crippen LogP contribution in [0.4, 0.5) is 0 Å². The molecule has 2 atom stereocenters. The molecule has 1 N–H and O–H groups in total. The van der Waals surface area contributed by atoms with Crippen LogP contribution in [0.2, 0.25) is 0 Å². The minimum atomic E-state index is -0.0568. The van der Waals surface area contributed by atoms with E-state index in [2.05, 4.69) is 38.1 Å². The van der Waals surface area contributed by atoms with Crippen LogP contribution in [0, 0.1) is 0 Å². The monoisotopic (exact) mass is 390 g/mol. The summed E-state index contributed by atoms with van der Waals surface area (Å²) in [5, 5.41) is 9.86. The van der Waals surface area contributed by atoms with Gasteiger partial charge in [0.1, 0.15) is 5.75 Å². The molecule has 1 aromatic carbocycles. The minimum Gasteiger partial charge on any atom is -0.490 e. The fourth-order valence-corrected chi connectivity index (χ4v) is 3.78. The molecule has 0 aromatic heterocycles. The summed E-state index contributed by atoms with van der Waals surface area (Å²) in [5.74, 6) is 1.02. The van der Waals surface area contributed by atoms with Crippen LogP contribution in [0.25, 0.3) is 0 Å². The highest BCUT2D eigenvalue weighted by atomic mass is 16.5. The van der Waals surface area contributed by atoms with E-state index in [-0.39, 0.29) is 6.10 Å². The van der Waals surface area contributed by atoms with Gasteiger partial charge in [0.05, 0.1) is 12.2 Å². The van der Waals surface area contributed by atoms with Crippen LogP contribution >= 0.6 is 0 Å². The lowest BCUT2D eigenvalue weighted by Gasteiger charge is -2.19. The molecule has 0 fully saturated rings. The molecule has 0 heterocycles. The average molecular weight is 391 g/mol. The highest BCUT2D eigenvalue weighted by Crippen LogP contribution is 2.19. The third-order valence-corrected chi connectivity index (χ3v) is 5.63. The summed E-state index contributed by atoms with van der Waals surface area (Å²) in [6, 6.07) is 10.3. The van der Waals surface area contributed by atoms with Crippen LogP contribution in [0.3, 0.4) is 0 Å². The highest BCUT2D eigenvalue weighted by Gasteiger charge is 2.10. The predicted octanol–water partition coefficient (Wildman–Crippen LogP) is 8.08. The second-order valence-corrected chi connectivity index (χ2v) is 8.40. The van der Waals surface area contributed by atoms with E-state index in [0.29, 0.717) is 6.10 Å². The summed E-state index contributed by atoms with van der Waals surface area (Å²) in [6.45, 7) is 4.44. The summed E-state index contributed by atoms with van der Waals surface area (Å²) in [4.78, 5) is 0. The molecule has 0 aliphatic heterocycles. The Kier molecular flexibility index (Phi) is 16.1. The summed E-state index contributed by atoms with van der Waals surface area (Å²) in [7, 11) is 0. The van der Waals surface area contributed by atoms with E-state index >= 15 is 0 Å². The lowest BCUT2D eigenvalue weighted by Crippen LogP contribution is -2.16. The standard InChI is InChI=1S/C26H46O2/c1-3-5-18-24(27)19-14-11-9-7-8-10-12-15-21-25(20-6-4-2)28-26-22-16-13-17-23-26/h13,16-17,22-25,27H,3-12,14-15,18-21H2,1-2H3. The Morgan fingerprint density at radius 3 is 1.71 bits per heavy atom. The minimum absolute atomic E-state index is 0.0568. The maximum absolute atomic E-state index is 9.86. The molecule has 2 unspecified atom stereocenters. The molecule has 0 radical (unpaired) electrons. The van der Waals surface area contributed by atoms with Crippen molar-refractivity contribution in [2.24, 2.45) is 0 Å².